The molecule has 1 saturated heterocycles. The highest BCUT2D eigenvalue weighted by atomic mass is 35.5. The third-order valence-corrected chi connectivity index (χ3v) is 4.73. The van der Waals surface area contributed by atoms with Crippen LogP contribution in [0.5, 0.6) is 0 Å². The van der Waals surface area contributed by atoms with Crippen LogP contribution in [0.15, 0.2) is 23.1 Å². The van der Waals surface area contributed by atoms with E-state index in [4.69, 9.17) is 11.6 Å². The molecule has 1 aromatic carbocycles. The lowest BCUT2D eigenvalue weighted by Crippen LogP contribution is -2.53. The van der Waals surface area contributed by atoms with E-state index in [-0.39, 0.29) is 9.92 Å². The zero-order valence-electron chi connectivity index (χ0n) is 9.94. The Kier molecular flexibility index (Phi) is 4.42. The molecule has 0 unspecified atom stereocenters. The van der Waals surface area contributed by atoms with Crippen LogP contribution in [0, 0.1) is 5.82 Å². The van der Waals surface area contributed by atoms with Gasteiger partial charge in [-0.25, -0.2) is 17.5 Å². The summed E-state index contributed by atoms with van der Waals surface area (Å²) in [5.41, 5.74) is 0. The van der Waals surface area contributed by atoms with Crippen LogP contribution in [0.25, 0.3) is 0 Å². The fourth-order valence-corrected chi connectivity index (χ4v) is 3.42. The molecule has 2 atom stereocenters. The number of benzene rings is 1. The quantitative estimate of drug-likeness (QED) is 0.759. The van der Waals surface area contributed by atoms with Gasteiger partial charge in [0.15, 0.2) is 0 Å². The van der Waals surface area contributed by atoms with Crippen molar-refractivity contribution in [3.05, 3.63) is 29.0 Å². The van der Waals surface area contributed by atoms with Gasteiger partial charge < -0.3 is 10.4 Å². The molecule has 0 saturated carbocycles. The summed E-state index contributed by atoms with van der Waals surface area (Å²) in [6.07, 6.45) is -0.274. The Morgan fingerprint density at radius 2 is 2.21 bits per heavy atom. The van der Waals surface area contributed by atoms with Crippen LogP contribution in [0.2, 0.25) is 5.02 Å². The van der Waals surface area contributed by atoms with Gasteiger partial charge in [-0.05, 0) is 31.2 Å². The first-order valence-corrected chi connectivity index (χ1v) is 7.62. The second kappa shape index (κ2) is 5.72. The molecule has 1 aromatic rings. The highest BCUT2D eigenvalue weighted by molar-refractivity contribution is 7.89. The number of hydrogen-bond acceptors (Lipinski definition) is 4. The molecule has 19 heavy (non-hydrogen) atoms. The van der Waals surface area contributed by atoms with E-state index in [0.29, 0.717) is 19.5 Å². The first-order valence-electron chi connectivity index (χ1n) is 5.76. The largest absolute Gasteiger partial charge is 0.391 e. The second-order valence-electron chi connectivity index (χ2n) is 4.36. The number of aliphatic hydroxyl groups is 1. The minimum absolute atomic E-state index is 0.128. The molecular weight excluding hydrogens is 295 g/mol. The van der Waals surface area contributed by atoms with Crippen molar-refractivity contribution in [3.63, 3.8) is 0 Å². The molecule has 0 spiro atoms. The maximum Gasteiger partial charge on any atom is 0.241 e. The molecule has 1 aliphatic rings. The van der Waals surface area contributed by atoms with E-state index in [1.165, 1.54) is 0 Å². The molecule has 0 aliphatic carbocycles. The van der Waals surface area contributed by atoms with E-state index in [9.17, 15) is 17.9 Å². The normalized spacial score (nSPS) is 24.4. The van der Waals surface area contributed by atoms with Crippen LogP contribution in [0.3, 0.4) is 0 Å². The lowest BCUT2D eigenvalue weighted by Gasteiger charge is -2.28. The van der Waals surface area contributed by atoms with Gasteiger partial charge in [0.25, 0.3) is 0 Å². The summed E-state index contributed by atoms with van der Waals surface area (Å²) in [4.78, 5) is -0.128. The number of piperidine rings is 1. The Morgan fingerprint density at radius 3 is 2.84 bits per heavy atom. The van der Waals surface area contributed by atoms with Crippen molar-refractivity contribution in [2.24, 2.45) is 0 Å². The van der Waals surface area contributed by atoms with Crippen molar-refractivity contribution in [2.45, 2.75) is 23.5 Å². The number of sulfonamides is 1. The van der Waals surface area contributed by atoms with Gasteiger partial charge in [0.2, 0.25) is 10.0 Å². The zero-order chi connectivity index (χ0) is 14.0. The van der Waals surface area contributed by atoms with E-state index in [1.54, 1.807) is 0 Å². The molecule has 8 heteroatoms. The number of aliphatic hydroxyl groups excluding tert-OH is 1. The first kappa shape index (κ1) is 14.7. The van der Waals surface area contributed by atoms with Gasteiger partial charge in [-0.2, -0.15) is 0 Å². The Labute approximate surface area is 115 Å². The molecule has 1 aliphatic heterocycles. The highest BCUT2D eigenvalue weighted by Gasteiger charge is 2.28. The van der Waals surface area contributed by atoms with Crippen molar-refractivity contribution in [1.82, 2.24) is 10.0 Å². The third kappa shape index (κ3) is 3.43. The van der Waals surface area contributed by atoms with E-state index in [2.05, 4.69) is 10.0 Å². The predicted molar refractivity (Wildman–Crippen MR) is 69.0 cm³/mol. The van der Waals surface area contributed by atoms with Crippen molar-refractivity contribution >= 4 is 21.6 Å². The van der Waals surface area contributed by atoms with E-state index in [1.807, 2.05) is 0 Å². The lowest BCUT2D eigenvalue weighted by atomic mass is 10.1. The molecule has 0 amide bonds. The first-order chi connectivity index (χ1) is 8.90. The van der Waals surface area contributed by atoms with Gasteiger partial charge in [0.1, 0.15) is 5.82 Å². The summed E-state index contributed by atoms with van der Waals surface area (Å²) in [6, 6.07) is 2.56. The average molecular weight is 309 g/mol. The molecule has 1 fully saturated rings. The molecule has 2 rings (SSSR count). The van der Waals surface area contributed by atoms with Crippen LogP contribution >= 0.6 is 11.6 Å². The molecule has 0 aromatic heterocycles. The van der Waals surface area contributed by atoms with Crippen LogP contribution in [0.1, 0.15) is 6.42 Å². The summed E-state index contributed by atoms with van der Waals surface area (Å²) in [5, 5.41) is 12.5. The fourth-order valence-electron chi connectivity index (χ4n) is 1.88. The monoisotopic (exact) mass is 308 g/mol. The van der Waals surface area contributed by atoms with Crippen molar-refractivity contribution < 1.29 is 17.9 Å². The van der Waals surface area contributed by atoms with Gasteiger partial charge >= 0.3 is 0 Å². The molecule has 1 heterocycles. The van der Waals surface area contributed by atoms with Gasteiger partial charge in [0, 0.05) is 6.54 Å². The Balaban J connectivity index is 2.19. The summed E-state index contributed by atoms with van der Waals surface area (Å²) in [5.74, 6) is -0.681. The number of rotatable bonds is 3. The number of hydrogen-bond donors (Lipinski definition) is 3. The maximum absolute atomic E-state index is 13.0. The van der Waals surface area contributed by atoms with Crippen LogP contribution in [0.4, 0.5) is 4.39 Å². The van der Waals surface area contributed by atoms with E-state index < -0.39 is 28.0 Å². The minimum atomic E-state index is -3.83. The second-order valence-corrected chi connectivity index (χ2v) is 6.49. The average Bonchev–Trinajstić information content (AvgIpc) is 2.35. The zero-order valence-corrected chi connectivity index (χ0v) is 11.5. The predicted octanol–water partition coefficient (Wildman–Crippen LogP) is 0.480. The summed E-state index contributed by atoms with van der Waals surface area (Å²) >= 11 is 5.56. The van der Waals surface area contributed by atoms with Gasteiger partial charge in [-0.15, -0.1) is 0 Å². The maximum atomic E-state index is 13.0. The Bertz CT molecular complexity index is 567. The minimum Gasteiger partial charge on any atom is -0.391 e. The van der Waals surface area contributed by atoms with Crippen LogP contribution in [-0.4, -0.2) is 38.8 Å². The highest BCUT2D eigenvalue weighted by Crippen LogP contribution is 2.20. The van der Waals surface area contributed by atoms with E-state index in [0.717, 1.165) is 18.2 Å². The Hall–Kier alpha value is -0.730. The SMILES string of the molecule is O=S(=O)(N[C@H]1CNCC[C@H]1O)c1ccc(F)c(Cl)c1. The van der Waals surface area contributed by atoms with Gasteiger partial charge in [0.05, 0.1) is 22.1 Å². The topological polar surface area (TPSA) is 78.4 Å². The van der Waals surface area contributed by atoms with E-state index >= 15 is 0 Å². The lowest BCUT2D eigenvalue weighted by molar-refractivity contribution is 0.109. The smallest absolute Gasteiger partial charge is 0.241 e. The molecule has 106 valence electrons. The summed E-state index contributed by atoms with van der Waals surface area (Å²) < 4.78 is 39.6. The fraction of sp³-hybridized carbons (Fsp3) is 0.455. The standard InChI is InChI=1S/C11H14ClFN2O3S/c12-8-5-7(1-2-9(8)13)19(17,18)15-10-6-14-4-3-11(10)16/h1-2,5,10-11,14-16H,3-4,6H2/t10-,11+/m0/s1. The molecule has 0 radical (unpaired) electrons. The third-order valence-electron chi connectivity index (χ3n) is 2.95. The van der Waals surface area contributed by atoms with Gasteiger partial charge in [-0.1, -0.05) is 11.6 Å². The van der Waals surface area contributed by atoms with Crippen molar-refractivity contribution in [1.29, 1.82) is 0 Å². The van der Waals surface area contributed by atoms with Gasteiger partial charge in [-0.3, -0.25) is 0 Å². The molecule has 3 N–H and O–H groups in total. The number of halogens is 2. The summed E-state index contributed by atoms with van der Waals surface area (Å²) in [7, 11) is -3.83. The summed E-state index contributed by atoms with van der Waals surface area (Å²) in [6.45, 7) is 0.983. The van der Waals surface area contributed by atoms with Crippen molar-refractivity contribution in [3.8, 4) is 0 Å². The molecule has 5 nitrogen and oxygen atoms in total. The molecule has 0 bridgehead atoms. The molecular formula is C11H14ClFN2O3S. The van der Waals surface area contributed by atoms with Crippen molar-refractivity contribution in [2.75, 3.05) is 13.1 Å². The van der Waals surface area contributed by atoms with Crippen LogP contribution in [-0.2, 0) is 10.0 Å². The Morgan fingerprint density at radius 1 is 1.47 bits per heavy atom. The van der Waals surface area contributed by atoms with Crippen LogP contribution < -0.4 is 10.0 Å². The number of nitrogens with one attached hydrogen (secondary N) is 2.